The maximum atomic E-state index is 9.30. The van der Waals surface area contributed by atoms with Gasteiger partial charge < -0.3 is 15.6 Å². The molecule has 0 amide bonds. The summed E-state index contributed by atoms with van der Waals surface area (Å²) in [4.78, 5) is 0. The van der Waals surface area contributed by atoms with Crippen molar-refractivity contribution in [1.82, 2.24) is 0 Å². The monoisotopic (exact) mass is 229 g/mol. The normalized spacial score (nSPS) is 23.2. The number of aliphatic hydroxyl groups is 1. The number of nitrogens with two attached hydrogens (primary N) is 1. The van der Waals surface area contributed by atoms with Crippen LogP contribution in [0.5, 0.6) is 5.75 Å². The lowest BCUT2D eigenvalue weighted by atomic mass is 9.88. The summed E-state index contributed by atoms with van der Waals surface area (Å²) in [5.74, 6) is 0.828. The van der Waals surface area contributed by atoms with Gasteiger partial charge in [-0.25, -0.2) is 0 Å². The van der Waals surface area contributed by atoms with E-state index >= 15 is 0 Å². The quantitative estimate of drug-likeness (QED) is 0.784. The van der Waals surface area contributed by atoms with Crippen molar-refractivity contribution in [2.24, 2.45) is 11.7 Å². The van der Waals surface area contributed by atoms with Gasteiger partial charge in [0.2, 0.25) is 0 Å². The largest absolute Gasteiger partial charge is 0.493 e. The van der Waals surface area contributed by atoms with Crippen molar-refractivity contribution in [2.75, 3.05) is 13.2 Å². The molecule has 0 bridgehead atoms. The molecule has 3 rings (SSSR count). The summed E-state index contributed by atoms with van der Waals surface area (Å²) >= 11 is 0. The fourth-order valence-corrected chi connectivity index (χ4v) is 2.45. The van der Waals surface area contributed by atoms with E-state index in [1.54, 1.807) is 0 Å². The van der Waals surface area contributed by atoms with Crippen LogP contribution in [0.15, 0.2) is 36.4 Å². The first kappa shape index (κ1) is 10.6. The highest BCUT2D eigenvalue weighted by Gasteiger charge is 2.28. The zero-order valence-electron chi connectivity index (χ0n) is 9.47. The summed E-state index contributed by atoms with van der Waals surface area (Å²) in [7, 11) is 0. The minimum atomic E-state index is -0.158. The van der Waals surface area contributed by atoms with Crippen LogP contribution in [-0.4, -0.2) is 18.3 Å². The summed E-state index contributed by atoms with van der Waals surface area (Å²) in [6.45, 7) is 0.548. The Labute approximate surface area is 99.8 Å². The SMILES string of the molecule is N[C@H]1c2c(ccc3ccccc23)OC[C@H]1CO. The molecule has 1 aliphatic heterocycles. The Bertz CT molecular complexity index is 553. The molecule has 0 unspecified atom stereocenters. The number of hydrogen-bond donors (Lipinski definition) is 2. The van der Waals surface area contributed by atoms with E-state index in [1.807, 2.05) is 24.3 Å². The Hall–Kier alpha value is -1.58. The van der Waals surface area contributed by atoms with Gasteiger partial charge in [-0.3, -0.25) is 0 Å². The minimum Gasteiger partial charge on any atom is -0.493 e. The fraction of sp³-hybridized carbons (Fsp3) is 0.286. The molecule has 0 spiro atoms. The lowest BCUT2D eigenvalue weighted by Gasteiger charge is -2.31. The highest BCUT2D eigenvalue weighted by molar-refractivity contribution is 5.88. The first-order valence-corrected chi connectivity index (χ1v) is 5.82. The highest BCUT2D eigenvalue weighted by atomic mass is 16.5. The third kappa shape index (κ3) is 1.59. The number of benzene rings is 2. The third-order valence-corrected chi connectivity index (χ3v) is 3.46. The van der Waals surface area contributed by atoms with Crippen molar-refractivity contribution in [3.05, 3.63) is 42.0 Å². The van der Waals surface area contributed by atoms with Gasteiger partial charge in [0, 0.05) is 17.5 Å². The molecule has 0 saturated carbocycles. The molecule has 0 aliphatic carbocycles. The maximum Gasteiger partial charge on any atom is 0.124 e. The molecule has 0 fully saturated rings. The second kappa shape index (κ2) is 4.02. The third-order valence-electron chi connectivity index (χ3n) is 3.46. The molecule has 0 aromatic heterocycles. The van der Waals surface area contributed by atoms with E-state index < -0.39 is 0 Å². The Morgan fingerprint density at radius 3 is 2.88 bits per heavy atom. The smallest absolute Gasteiger partial charge is 0.124 e. The number of rotatable bonds is 1. The van der Waals surface area contributed by atoms with Crippen LogP contribution in [0.25, 0.3) is 10.8 Å². The lowest BCUT2D eigenvalue weighted by Crippen LogP contribution is -2.33. The molecular formula is C14H15NO2. The van der Waals surface area contributed by atoms with Gasteiger partial charge in [0.25, 0.3) is 0 Å². The Morgan fingerprint density at radius 1 is 1.24 bits per heavy atom. The summed E-state index contributed by atoms with van der Waals surface area (Å²) in [6, 6.07) is 12.0. The topological polar surface area (TPSA) is 55.5 Å². The first-order chi connectivity index (χ1) is 8.31. The molecule has 3 heteroatoms. The number of ether oxygens (including phenoxy) is 1. The Balaban J connectivity index is 2.24. The molecule has 3 nitrogen and oxygen atoms in total. The van der Waals surface area contributed by atoms with Gasteiger partial charge in [-0.1, -0.05) is 30.3 Å². The average molecular weight is 229 g/mol. The highest BCUT2D eigenvalue weighted by Crippen LogP contribution is 2.38. The van der Waals surface area contributed by atoms with E-state index in [0.29, 0.717) is 6.61 Å². The van der Waals surface area contributed by atoms with Crippen LogP contribution in [0.3, 0.4) is 0 Å². The summed E-state index contributed by atoms with van der Waals surface area (Å²) < 4.78 is 5.67. The number of aliphatic hydroxyl groups excluding tert-OH is 1. The Kier molecular flexibility index (Phi) is 2.50. The molecule has 0 saturated heterocycles. The lowest BCUT2D eigenvalue weighted by molar-refractivity contribution is 0.125. The average Bonchev–Trinajstić information content (AvgIpc) is 2.38. The zero-order chi connectivity index (χ0) is 11.8. The van der Waals surface area contributed by atoms with Gasteiger partial charge in [0.1, 0.15) is 5.75 Å². The van der Waals surface area contributed by atoms with Crippen LogP contribution in [0.1, 0.15) is 11.6 Å². The molecule has 88 valence electrons. The maximum absolute atomic E-state index is 9.30. The van der Waals surface area contributed by atoms with E-state index in [9.17, 15) is 5.11 Å². The molecule has 2 aromatic carbocycles. The molecule has 1 aliphatic rings. The van der Waals surface area contributed by atoms with Crippen LogP contribution < -0.4 is 10.5 Å². The van der Waals surface area contributed by atoms with Gasteiger partial charge in [0.05, 0.1) is 13.2 Å². The van der Waals surface area contributed by atoms with E-state index in [2.05, 4.69) is 12.1 Å². The molecule has 17 heavy (non-hydrogen) atoms. The van der Waals surface area contributed by atoms with Crippen molar-refractivity contribution >= 4 is 10.8 Å². The standard InChI is InChI=1S/C14H15NO2/c15-14-10(7-16)8-17-12-6-5-9-3-1-2-4-11(9)13(12)14/h1-6,10,14,16H,7-8,15H2/t10-,14-/m1/s1. The van der Waals surface area contributed by atoms with Crippen LogP contribution in [0, 0.1) is 5.92 Å². The first-order valence-electron chi connectivity index (χ1n) is 5.82. The van der Waals surface area contributed by atoms with Crippen LogP contribution >= 0.6 is 0 Å². The summed E-state index contributed by atoms with van der Waals surface area (Å²) in [5, 5.41) is 11.6. The number of hydrogen-bond acceptors (Lipinski definition) is 3. The van der Waals surface area contributed by atoms with Crippen molar-refractivity contribution in [1.29, 1.82) is 0 Å². The second-order valence-electron chi connectivity index (χ2n) is 4.48. The van der Waals surface area contributed by atoms with Crippen molar-refractivity contribution < 1.29 is 9.84 Å². The van der Waals surface area contributed by atoms with Gasteiger partial charge >= 0.3 is 0 Å². The molecule has 2 atom stereocenters. The Morgan fingerprint density at radius 2 is 2.06 bits per heavy atom. The van der Waals surface area contributed by atoms with Gasteiger partial charge in [-0.2, -0.15) is 0 Å². The van der Waals surface area contributed by atoms with Crippen molar-refractivity contribution in [3.63, 3.8) is 0 Å². The van der Waals surface area contributed by atoms with Crippen LogP contribution in [0.4, 0.5) is 0 Å². The molecule has 2 aromatic rings. The van der Waals surface area contributed by atoms with E-state index in [-0.39, 0.29) is 18.6 Å². The number of fused-ring (bicyclic) bond motifs is 3. The fourth-order valence-electron chi connectivity index (χ4n) is 2.45. The van der Waals surface area contributed by atoms with Crippen molar-refractivity contribution in [3.8, 4) is 5.75 Å². The zero-order valence-corrected chi connectivity index (χ0v) is 9.47. The van der Waals surface area contributed by atoms with Crippen molar-refractivity contribution in [2.45, 2.75) is 6.04 Å². The van der Waals surface area contributed by atoms with E-state index in [1.165, 1.54) is 0 Å². The minimum absolute atomic E-state index is 0.0201. The molecule has 1 heterocycles. The van der Waals surface area contributed by atoms with Gasteiger partial charge in [-0.05, 0) is 16.8 Å². The predicted molar refractivity (Wildman–Crippen MR) is 66.9 cm³/mol. The second-order valence-corrected chi connectivity index (χ2v) is 4.48. The van der Waals surface area contributed by atoms with Crippen LogP contribution in [-0.2, 0) is 0 Å². The van der Waals surface area contributed by atoms with Gasteiger partial charge in [0.15, 0.2) is 0 Å². The van der Waals surface area contributed by atoms with Crippen LogP contribution in [0.2, 0.25) is 0 Å². The molecular weight excluding hydrogens is 214 g/mol. The summed E-state index contributed by atoms with van der Waals surface area (Å²) in [5.41, 5.74) is 7.25. The summed E-state index contributed by atoms with van der Waals surface area (Å²) in [6.07, 6.45) is 0. The molecule has 0 radical (unpaired) electrons. The van der Waals surface area contributed by atoms with E-state index in [4.69, 9.17) is 10.5 Å². The van der Waals surface area contributed by atoms with E-state index in [0.717, 1.165) is 22.1 Å². The molecule has 3 N–H and O–H groups in total. The predicted octanol–water partition coefficient (Wildman–Crippen LogP) is 1.84. The van der Waals surface area contributed by atoms with Gasteiger partial charge in [-0.15, -0.1) is 0 Å².